The number of carboxylic acid groups (broad SMARTS) is 2. The second-order valence-electron chi connectivity index (χ2n) is 12.1. The van der Waals surface area contributed by atoms with Crippen molar-refractivity contribution < 1.29 is 67.6 Å². The topological polar surface area (TPSA) is 324 Å². The quantitative estimate of drug-likeness (QED) is 0.0213. The Morgan fingerprint density at radius 2 is 1.63 bits per heavy atom. The molecule has 0 saturated carbocycles. The number of nitrogens with zero attached hydrogens (tertiary/aromatic N) is 7. The monoisotopic (exact) mass is 869 g/mol. The average Bonchev–Trinajstić information content (AvgIpc) is 3.79. The number of ether oxygens (including phenoxy) is 3. The van der Waals surface area contributed by atoms with E-state index >= 15 is 0 Å². The SMILES string of the molecule is CC(=O)Oc1cc(C(=O)O/N=C(\C(=O)N[C@@H]2C(=O)N3C(C(=O)O)=C(CSc4cc(C)nc5nc(C(=O)O)nn45)CS[C@H]23)c2csc(N)n2)cc(OC(C)=O)c1OC(C)=O. The molecular formula is C33H27N9O14S3. The van der Waals surface area contributed by atoms with Gasteiger partial charge in [0.15, 0.2) is 22.3 Å². The number of hydrogen-bond donors (Lipinski definition) is 4. The molecule has 5 heterocycles. The number of anilines is 1. The van der Waals surface area contributed by atoms with E-state index < -0.39 is 93.4 Å². The van der Waals surface area contributed by atoms with Gasteiger partial charge >= 0.3 is 35.8 Å². The molecular weight excluding hydrogens is 843 g/mol. The Morgan fingerprint density at radius 1 is 0.966 bits per heavy atom. The zero-order chi connectivity index (χ0) is 42.9. The number of carbonyl (C=O) groups excluding carboxylic acids is 6. The van der Waals surface area contributed by atoms with Crippen LogP contribution in [0.25, 0.3) is 5.78 Å². The molecule has 2 aliphatic heterocycles. The van der Waals surface area contributed by atoms with Gasteiger partial charge in [-0.25, -0.2) is 24.4 Å². The summed E-state index contributed by atoms with van der Waals surface area (Å²) in [5.74, 6) is -10.4. The number of benzene rings is 1. The number of hydrogen-bond acceptors (Lipinski definition) is 21. The highest BCUT2D eigenvalue weighted by molar-refractivity contribution is 8.01. The van der Waals surface area contributed by atoms with Crippen LogP contribution in [-0.2, 0) is 33.6 Å². The van der Waals surface area contributed by atoms with Crippen LogP contribution >= 0.6 is 34.9 Å². The number of aliphatic carboxylic acids is 1. The first kappa shape index (κ1) is 41.7. The Labute approximate surface area is 341 Å². The summed E-state index contributed by atoms with van der Waals surface area (Å²) in [6.07, 6.45) is 0. The van der Waals surface area contributed by atoms with Crippen LogP contribution in [0.4, 0.5) is 5.13 Å². The van der Waals surface area contributed by atoms with Gasteiger partial charge in [0.2, 0.25) is 5.75 Å². The maximum Gasteiger partial charge on any atom is 0.375 e. The van der Waals surface area contributed by atoms with E-state index in [0.29, 0.717) is 16.3 Å². The van der Waals surface area contributed by atoms with Crippen molar-refractivity contribution in [2.45, 2.75) is 44.1 Å². The summed E-state index contributed by atoms with van der Waals surface area (Å²) in [6, 6.07) is 2.20. The number of carboxylic acids is 2. The molecule has 1 aromatic carbocycles. The molecule has 5 N–H and O–H groups in total. The van der Waals surface area contributed by atoms with Crippen LogP contribution in [0, 0.1) is 6.92 Å². The lowest BCUT2D eigenvalue weighted by Gasteiger charge is -2.49. The van der Waals surface area contributed by atoms with Crippen LogP contribution in [-0.4, -0.2) is 116 Å². The molecule has 2 aliphatic rings. The van der Waals surface area contributed by atoms with E-state index in [-0.39, 0.29) is 33.8 Å². The highest BCUT2D eigenvalue weighted by atomic mass is 32.2. The number of nitrogens with one attached hydrogen (secondary N) is 1. The van der Waals surface area contributed by atoms with Crippen molar-refractivity contribution in [1.29, 1.82) is 0 Å². The molecule has 0 spiro atoms. The summed E-state index contributed by atoms with van der Waals surface area (Å²) in [4.78, 5) is 118. The third kappa shape index (κ3) is 8.97. The number of oxime groups is 1. The van der Waals surface area contributed by atoms with E-state index in [1.54, 1.807) is 13.0 Å². The molecule has 306 valence electrons. The molecule has 0 unspecified atom stereocenters. The molecule has 0 bridgehead atoms. The molecule has 2 atom stereocenters. The molecule has 23 nitrogen and oxygen atoms in total. The van der Waals surface area contributed by atoms with Crippen molar-refractivity contribution in [3.63, 3.8) is 0 Å². The number of amides is 2. The number of aromatic carboxylic acids is 1. The van der Waals surface area contributed by atoms with Crippen molar-refractivity contribution in [2.24, 2.45) is 5.16 Å². The molecule has 2 amide bonds. The Morgan fingerprint density at radius 3 is 2.20 bits per heavy atom. The molecule has 6 rings (SSSR count). The fourth-order valence-corrected chi connectivity index (χ4v) is 8.54. The maximum atomic E-state index is 13.7. The standard InChI is InChI=1S/C33H27N9O14S3/c1-11-5-20(42-33(35-11)38-25(39-42)30(50)51)57-8-16-9-58-28-22(27(47)41(28)23(16)29(48)49)37-26(46)21(17-10-59-32(34)36-17)40-56-31(52)15-6-18(53-12(2)43)24(55-14(4)45)19(7-15)54-13(3)44/h5-7,10,22,28H,8-9H2,1-4H3,(H2,34,36)(H,37,46)(H,48,49)(H,50,51)/b40-21-/t22-,28-/m1/s1. The number of fused-ring (bicyclic) bond motifs is 2. The molecule has 0 aliphatic carbocycles. The first-order valence-corrected chi connectivity index (χ1v) is 19.4. The van der Waals surface area contributed by atoms with E-state index in [1.807, 2.05) is 0 Å². The normalized spacial score (nSPS) is 16.2. The summed E-state index contributed by atoms with van der Waals surface area (Å²) in [7, 11) is 0. The van der Waals surface area contributed by atoms with E-state index in [1.165, 1.54) is 9.90 Å². The number of nitrogens with two attached hydrogens (primary N) is 1. The first-order valence-electron chi connectivity index (χ1n) is 16.5. The minimum atomic E-state index is -1.41. The van der Waals surface area contributed by atoms with Crippen molar-refractivity contribution in [3.8, 4) is 17.2 Å². The molecule has 59 heavy (non-hydrogen) atoms. The Balaban J connectivity index is 1.22. The van der Waals surface area contributed by atoms with E-state index in [4.69, 9.17) is 24.8 Å². The van der Waals surface area contributed by atoms with E-state index in [9.17, 15) is 48.6 Å². The zero-order valence-electron chi connectivity index (χ0n) is 30.6. The van der Waals surface area contributed by atoms with Gasteiger partial charge in [0.25, 0.3) is 23.4 Å². The van der Waals surface area contributed by atoms with Crippen LogP contribution in [0.3, 0.4) is 0 Å². The fraction of sp³-hybridized carbons (Fsp3) is 0.242. The van der Waals surface area contributed by atoms with Crippen LogP contribution in [0.15, 0.2) is 45.0 Å². The fourth-order valence-electron chi connectivity index (χ4n) is 5.45. The van der Waals surface area contributed by atoms with Crippen LogP contribution in [0.2, 0.25) is 0 Å². The number of carbonyl (C=O) groups is 8. The van der Waals surface area contributed by atoms with Gasteiger partial charge in [-0.2, -0.15) is 9.50 Å². The second kappa shape index (κ2) is 16.9. The molecule has 1 saturated heterocycles. The van der Waals surface area contributed by atoms with Crippen molar-refractivity contribution in [1.82, 2.24) is 34.8 Å². The lowest BCUT2D eigenvalue weighted by Crippen LogP contribution is -2.71. The number of nitrogen functional groups attached to an aromatic ring is 1. The maximum absolute atomic E-state index is 13.7. The van der Waals surface area contributed by atoms with Crippen molar-refractivity contribution in [2.75, 3.05) is 17.2 Å². The number of thioether (sulfide) groups is 2. The minimum Gasteiger partial charge on any atom is -0.477 e. The van der Waals surface area contributed by atoms with Gasteiger partial charge in [-0.1, -0.05) is 5.16 Å². The van der Waals surface area contributed by atoms with Gasteiger partial charge in [0, 0.05) is 43.4 Å². The summed E-state index contributed by atoms with van der Waals surface area (Å²) < 4.78 is 16.4. The predicted octanol–water partition coefficient (Wildman–Crippen LogP) is 1.04. The number of esters is 3. The van der Waals surface area contributed by atoms with Gasteiger partial charge in [-0.3, -0.25) is 28.9 Å². The molecule has 3 aromatic heterocycles. The minimum absolute atomic E-state index is 0.00546. The van der Waals surface area contributed by atoms with Crippen LogP contribution in [0.1, 0.15) is 53.1 Å². The molecule has 1 fully saturated rings. The van der Waals surface area contributed by atoms with E-state index in [0.717, 1.165) is 72.7 Å². The molecule has 4 aromatic rings. The number of rotatable bonds is 13. The zero-order valence-corrected chi connectivity index (χ0v) is 33.1. The molecule has 26 heteroatoms. The van der Waals surface area contributed by atoms with Gasteiger partial charge < -0.3 is 40.3 Å². The number of thiazole rings is 1. The average molecular weight is 870 g/mol. The lowest BCUT2D eigenvalue weighted by molar-refractivity contribution is -0.150. The highest BCUT2D eigenvalue weighted by Gasteiger charge is 2.54. The number of β-lactam (4-membered cyclic amide) rings is 1. The Bertz CT molecular complexity index is 2530. The van der Waals surface area contributed by atoms with Crippen molar-refractivity contribution in [3.05, 3.63) is 57.6 Å². The van der Waals surface area contributed by atoms with Gasteiger partial charge in [-0.15, -0.1) is 40.0 Å². The van der Waals surface area contributed by atoms with Crippen molar-refractivity contribution >= 4 is 99.1 Å². The van der Waals surface area contributed by atoms with Crippen LogP contribution in [0.5, 0.6) is 17.2 Å². The predicted molar refractivity (Wildman–Crippen MR) is 202 cm³/mol. The first-order chi connectivity index (χ1) is 27.9. The second-order valence-corrected chi connectivity index (χ2v) is 15.1. The third-order valence-corrected chi connectivity index (χ3v) is 10.8. The van der Waals surface area contributed by atoms with E-state index in [2.05, 4.69) is 30.5 Å². The van der Waals surface area contributed by atoms with Gasteiger partial charge in [0.1, 0.15) is 27.8 Å². The number of aryl methyl sites for hydroxylation is 1. The third-order valence-electron chi connectivity index (χ3n) is 7.74. The Kier molecular flexibility index (Phi) is 11.9. The summed E-state index contributed by atoms with van der Waals surface area (Å²) >= 11 is 3.19. The van der Waals surface area contributed by atoms with Gasteiger partial charge in [-0.05, 0) is 30.7 Å². The summed E-state index contributed by atoms with van der Waals surface area (Å²) in [5.41, 5.74) is 5.08. The lowest BCUT2D eigenvalue weighted by atomic mass is 10.0. The largest absolute Gasteiger partial charge is 0.477 e. The highest BCUT2D eigenvalue weighted by Crippen LogP contribution is 2.42. The summed E-state index contributed by atoms with van der Waals surface area (Å²) in [5, 5.41) is 30.5. The Hall–Kier alpha value is -6.93. The molecule has 0 radical (unpaired) electrons. The number of aromatic nitrogens is 5. The van der Waals surface area contributed by atoms with Gasteiger partial charge in [0.05, 0.1) is 5.56 Å². The van der Waals surface area contributed by atoms with Crippen LogP contribution < -0.4 is 25.3 Å². The smallest absolute Gasteiger partial charge is 0.375 e. The summed E-state index contributed by atoms with van der Waals surface area (Å²) in [6.45, 7) is 4.71.